The molecule has 5 nitrogen and oxygen atoms in total. The zero-order valence-corrected chi connectivity index (χ0v) is 13.9. The van der Waals surface area contributed by atoms with E-state index in [4.69, 9.17) is 4.99 Å². The number of hydrogen-bond donors (Lipinski definition) is 0. The lowest BCUT2D eigenvalue weighted by Crippen LogP contribution is -2.33. The Labute approximate surface area is 136 Å². The fourth-order valence-electron chi connectivity index (χ4n) is 3.10. The number of aryl methyl sites for hydroxylation is 1. The number of pyridine rings is 1. The maximum absolute atomic E-state index is 12.9. The summed E-state index contributed by atoms with van der Waals surface area (Å²) in [6.45, 7) is 3.90. The number of aromatic nitrogens is 3. The first-order chi connectivity index (χ1) is 11.1. The van der Waals surface area contributed by atoms with Crippen molar-refractivity contribution in [1.29, 1.82) is 0 Å². The molecule has 0 radical (unpaired) electrons. The Morgan fingerprint density at radius 1 is 1.30 bits per heavy atom. The predicted molar refractivity (Wildman–Crippen MR) is 89.2 cm³/mol. The highest BCUT2D eigenvalue weighted by Crippen LogP contribution is 2.19. The summed E-state index contributed by atoms with van der Waals surface area (Å²) in [5, 5.41) is 4.18. The second-order valence-electron chi connectivity index (χ2n) is 6.35. The van der Waals surface area contributed by atoms with Crippen molar-refractivity contribution < 1.29 is 4.79 Å². The van der Waals surface area contributed by atoms with E-state index in [1.165, 1.54) is 19.3 Å². The van der Waals surface area contributed by atoms with Crippen molar-refractivity contribution in [2.75, 3.05) is 0 Å². The summed E-state index contributed by atoms with van der Waals surface area (Å²) in [5.74, 6) is -0.0109. The van der Waals surface area contributed by atoms with Crippen LogP contribution in [0.5, 0.6) is 0 Å². The second-order valence-corrected chi connectivity index (χ2v) is 6.35. The summed E-state index contributed by atoms with van der Waals surface area (Å²) in [5.41, 5.74) is 1.89. The van der Waals surface area contributed by atoms with Crippen molar-refractivity contribution >= 4 is 5.91 Å². The van der Waals surface area contributed by atoms with Gasteiger partial charge in [0.1, 0.15) is 11.5 Å². The standard InChI is InChI=1S/C18H24N4O/c1-14-9-12-21(18(23)15(2)22-11-6-10-19-22)17(13-14)20-16-7-4-3-5-8-16/h6,9-13,15-16H,3-5,7-8H2,1-2H3. The molecular formula is C18H24N4O. The van der Waals surface area contributed by atoms with E-state index >= 15 is 0 Å². The van der Waals surface area contributed by atoms with Gasteiger partial charge in [0.2, 0.25) is 0 Å². The van der Waals surface area contributed by atoms with E-state index in [9.17, 15) is 4.79 Å². The Balaban J connectivity index is 1.95. The van der Waals surface area contributed by atoms with Gasteiger partial charge in [-0.1, -0.05) is 19.3 Å². The number of nitrogens with zero attached hydrogens (tertiary/aromatic N) is 4. The highest BCUT2D eigenvalue weighted by molar-refractivity contribution is 5.82. The normalized spacial score (nSPS) is 18.1. The Morgan fingerprint density at radius 2 is 2.09 bits per heavy atom. The van der Waals surface area contributed by atoms with Gasteiger partial charge in [0.25, 0.3) is 5.91 Å². The first-order valence-electron chi connectivity index (χ1n) is 8.41. The zero-order chi connectivity index (χ0) is 16.2. The van der Waals surface area contributed by atoms with Crippen LogP contribution < -0.4 is 5.49 Å². The number of carbonyl (C=O) groups excluding carboxylic acids is 1. The second kappa shape index (κ2) is 6.94. The van der Waals surface area contributed by atoms with E-state index in [-0.39, 0.29) is 11.9 Å². The van der Waals surface area contributed by atoms with Crippen molar-refractivity contribution in [3.05, 3.63) is 47.8 Å². The van der Waals surface area contributed by atoms with Crippen LogP contribution in [0.15, 0.2) is 41.8 Å². The molecule has 0 aromatic carbocycles. The third-order valence-corrected chi connectivity index (χ3v) is 4.50. The lowest BCUT2D eigenvalue weighted by Gasteiger charge is -2.19. The summed E-state index contributed by atoms with van der Waals surface area (Å²) in [4.78, 5) is 17.7. The fourth-order valence-corrected chi connectivity index (χ4v) is 3.10. The molecule has 23 heavy (non-hydrogen) atoms. The molecule has 2 aromatic heterocycles. The summed E-state index contributed by atoms with van der Waals surface area (Å²) < 4.78 is 3.35. The quantitative estimate of drug-likeness (QED) is 0.874. The van der Waals surface area contributed by atoms with Gasteiger partial charge in [-0.05, 0) is 50.5 Å². The largest absolute Gasteiger partial charge is 0.272 e. The van der Waals surface area contributed by atoms with E-state index in [1.54, 1.807) is 15.4 Å². The van der Waals surface area contributed by atoms with Crippen LogP contribution >= 0.6 is 0 Å². The molecule has 0 N–H and O–H groups in total. The van der Waals surface area contributed by atoms with Gasteiger partial charge in [-0.15, -0.1) is 0 Å². The van der Waals surface area contributed by atoms with Crippen LogP contribution in [0.2, 0.25) is 0 Å². The third kappa shape index (κ3) is 3.60. The molecule has 1 saturated carbocycles. The fraction of sp³-hybridized carbons (Fsp3) is 0.500. The average Bonchev–Trinajstić information content (AvgIpc) is 3.09. The SMILES string of the molecule is Cc1ccn(C(=O)C(C)n2cccn2)c(=NC2CCCCC2)c1. The minimum absolute atomic E-state index is 0.0109. The van der Waals surface area contributed by atoms with Gasteiger partial charge in [0, 0.05) is 18.6 Å². The van der Waals surface area contributed by atoms with Crippen LogP contribution in [-0.4, -0.2) is 26.3 Å². The monoisotopic (exact) mass is 312 g/mol. The minimum atomic E-state index is -0.349. The van der Waals surface area contributed by atoms with Crippen molar-refractivity contribution in [1.82, 2.24) is 14.3 Å². The first kappa shape index (κ1) is 15.7. The summed E-state index contributed by atoms with van der Waals surface area (Å²) in [7, 11) is 0. The molecule has 1 fully saturated rings. The van der Waals surface area contributed by atoms with Gasteiger partial charge in [0.05, 0.1) is 6.04 Å². The summed E-state index contributed by atoms with van der Waals surface area (Å²) in [6, 6.07) is 5.77. The van der Waals surface area contributed by atoms with Crippen LogP contribution in [0.3, 0.4) is 0 Å². The molecule has 2 aromatic rings. The summed E-state index contributed by atoms with van der Waals surface area (Å²) >= 11 is 0. The maximum atomic E-state index is 12.9. The Kier molecular flexibility index (Phi) is 4.74. The van der Waals surface area contributed by atoms with Crippen LogP contribution in [0.4, 0.5) is 0 Å². The molecule has 1 aliphatic carbocycles. The Hall–Kier alpha value is -2.17. The van der Waals surface area contributed by atoms with E-state index in [2.05, 4.69) is 5.10 Å². The van der Waals surface area contributed by atoms with E-state index in [0.29, 0.717) is 6.04 Å². The van der Waals surface area contributed by atoms with E-state index < -0.39 is 0 Å². The molecule has 5 heteroatoms. The highest BCUT2D eigenvalue weighted by Gasteiger charge is 2.18. The van der Waals surface area contributed by atoms with Crippen LogP contribution in [0.1, 0.15) is 55.4 Å². The van der Waals surface area contributed by atoms with Gasteiger partial charge in [-0.2, -0.15) is 5.10 Å². The third-order valence-electron chi connectivity index (χ3n) is 4.50. The predicted octanol–water partition coefficient (Wildman–Crippen LogP) is 3.13. The maximum Gasteiger partial charge on any atom is 0.256 e. The smallest absolute Gasteiger partial charge is 0.256 e. The van der Waals surface area contributed by atoms with Crippen LogP contribution in [0.25, 0.3) is 0 Å². The first-order valence-corrected chi connectivity index (χ1v) is 8.41. The molecule has 0 bridgehead atoms. The minimum Gasteiger partial charge on any atom is -0.272 e. The van der Waals surface area contributed by atoms with Crippen LogP contribution in [0, 0.1) is 6.92 Å². The number of hydrogen-bond acceptors (Lipinski definition) is 3. The van der Waals surface area contributed by atoms with Gasteiger partial charge < -0.3 is 0 Å². The molecule has 0 spiro atoms. The number of carbonyl (C=O) groups is 1. The Morgan fingerprint density at radius 3 is 2.78 bits per heavy atom. The van der Waals surface area contributed by atoms with Gasteiger partial charge >= 0.3 is 0 Å². The molecule has 1 aliphatic rings. The van der Waals surface area contributed by atoms with Crippen molar-refractivity contribution in [3.8, 4) is 0 Å². The summed E-state index contributed by atoms with van der Waals surface area (Å²) in [6.07, 6.45) is 11.4. The zero-order valence-electron chi connectivity index (χ0n) is 13.9. The molecule has 0 aliphatic heterocycles. The molecule has 122 valence electrons. The topological polar surface area (TPSA) is 52.2 Å². The van der Waals surface area contributed by atoms with Gasteiger partial charge in [-0.3, -0.25) is 19.0 Å². The average molecular weight is 312 g/mol. The lowest BCUT2D eigenvalue weighted by molar-refractivity contribution is 0.0837. The lowest BCUT2D eigenvalue weighted by atomic mass is 9.96. The number of rotatable bonds is 3. The van der Waals surface area contributed by atoms with Crippen molar-refractivity contribution in [2.45, 2.75) is 58.0 Å². The van der Waals surface area contributed by atoms with Crippen molar-refractivity contribution in [2.24, 2.45) is 4.99 Å². The van der Waals surface area contributed by atoms with E-state index in [0.717, 1.165) is 23.9 Å². The van der Waals surface area contributed by atoms with Gasteiger partial charge in [-0.25, -0.2) is 0 Å². The molecule has 1 atom stereocenters. The van der Waals surface area contributed by atoms with E-state index in [1.807, 2.05) is 44.4 Å². The highest BCUT2D eigenvalue weighted by atomic mass is 16.2. The van der Waals surface area contributed by atoms with Gasteiger partial charge in [0.15, 0.2) is 0 Å². The van der Waals surface area contributed by atoms with Crippen molar-refractivity contribution in [3.63, 3.8) is 0 Å². The molecule has 0 amide bonds. The molecule has 1 unspecified atom stereocenters. The molecule has 3 rings (SSSR count). The molecule has 0 saturated heterocycles. The molecule has 2 heterocycles. The Bertz CT molecular complexity index is 724. The van der Waals surface area contributed by atoms with Crippen LogP contribution in [-0.2, 0) is 0 Å². The molecular weight excluding hydrogens is 288 g/mol.